The first kappa shape index (κ1) is 25.7. The molecule has 1 amide bonds. The maximum absolute atomic E-state index is 14.2. The second-order valence-corrected chi connectivity index (χ2v) is 12.4. The molecule has 1 heterocycles. The summed E-state index contributed by atoms with van der Waals surface area (Å²) >= 11 is 0. The van der Waals surface area contributed by atoms with Crippen LogP contribution in [-0.4, -0.2) is 74.5 Å². The summed E-state index contributed by atoms with van der Waals surface area (Å²) in [5.41, 5.74) is -0.490. The first-order valence-corrected chi connectivity index (χ1v) is 13.6. The smallest absolute Gasteiger partial charge is 0.410 e. The molecule has 0 aromatic heterocycles. The largest absolute Gasteiger partial charge is 0.490 e. The van der Waals surface area contributed by atoms with Gasteiger partial charge in [0.2, 0.25) is 0 Å². The molecule has 0 N–H and O–H groups in total. The Kier molecular flexibility index (Phi) is 7.94. The maximum atomic E-state index is 14.2. The first-order chi connectivity index (χ1) is 15.3. The van der Waals surface area contributed by atoms with Crippen molar-refractivity contribution in [1.29, 1.82) is 0 Å². The first-order valence-electron chi connectivity index (χ1n) is 11.7. The zero-order chi connectivity index (χ0) is 24.4. The molecule has 33 heavy (non-hydrogen) atoms. The number of sulfone groups is 1. The molecule has 0 radical (unpaired) electrons. The van der Waals surface area contributed by atoms with E-state index < -0.39 is 21.3 Å². The number of hydrogen-bond donors (Lipinski definition) is 0. The Morgan fingerprint density at radius 1 is 1.15 bits per heavy atom. The number of rotatable bonds is 5. The number of hydrogen-bond acceptors (Lipinski definition) is 6. The molecule has 1 atom stereocenters. The lowest BCUT2D eigenvalue weighted by molar-refractivity contribution is -0.00838. The molecule has 7 nitrogen and oxygen atoms in total. The number of amides is 1. The van der Waals surface area contributed by atoms with Gasteiger partial charge in [-0.3, -0.25) is 4.90 Å². The number of carbonyl (C=O) groups excluding carboxylic acids is 1. The summed E-state index contributed by atoms with van der Waals surface area (Å²) in [5.74, 6) is -0.215. The summed E-state index contributed by atoms with van der Waals surface area (Å²) in [6, 6.07) is 4.53. The molecule has 0 spiro atoms. The molecule has 1 saturated carbocycles. The van der Waals surface area contributed by atoms with E-state index in [9.17, 15) is 17.6 Å². The average Bonchev–Trinajstić information content (AvgIpc) is 2.71. The van der Waals surface area contributed by atoms with Gasteiger partial charge < -0.3 is 14.4 Å². The lowest BCUT2D eigenvalue weighted by Gasteiger charge is -2.45. The number of ether oxygens (including phenoxy) is 2. The predicted molar refractivity (Wildman–Crippen MR) is 125 cm³/mol. The molecule has 1 aliphatic heterocycles. The second-order valence-electron chi connectivity index (χ2n) is 10.4. The van der Waals surface area contributed by atoms with Crippen LogP contribution in [0.3, 0.4) is 0 Å². The van der Waals surface area contributed by atoms with Crippen LogP contribution in [0.4, 0.5) is 9.18 Å². The fourth-order valence-electron chi connectivity index (χ4n) is 4.69. The lowest BCUT2D eigenvalue weighted by atomic mass is 9.85. The number of benzene rings is 1. The highest BCUT2D eigenvalue weighted by atomic mass is 32.2. The monoisotopic (exact) mass is 484 g/mol. The van der Waals surface area contributed by atoms with Crippen LogP contribution in [0.1, 0.15) is 53.4 Å². The Bertz CT molecular complexity index is 939. The summed E-state index contributed by atoms with van der Waals surface area (Å²) < 4.78 is 48.5. The van der Waals surface area contributed by atoms with Crippen molar-refractivity contribution < 1.29 is 27.1 Å². The summed E-state index contributed by atoms with van der Waals surface area (Å²) in [6.07, 6.45) is 4.88. The highest BCUT2D eigenvalue weighted by molar-refractivity contribution is 7.90. The van der Waals surface area contributed by atoms with E-state index >= 15 is 0 Å². The van der Waals surface area contributed by atoms with Crippen molar-refractivity contribution in [3.8, 4) is 5.75 Å². The van der Waals surface area contributed by atoms with Crippen molar-refractivity contribution in [2.45, 2.75) is 76.0 Å². The fourth-order valence-corrected chi connectivity index (χ4v) is 5.32. The third-order valence-corrected chi connectivity index (χ3v) is 7.53. The second kappa shape index (κ2) is 10.2. The highest BCUT2D eigenvalue weighted by Gasteiger charge is 2.35. The van der Waals surface area contributed by atoms with Gasteiger partial charge in [0, 0.05) is 38.0 Å². The van der Waals surface area contributed by atoms with E-state index in [4.69, 9.17) is 9.47 Å². The van der Waals surface area contributed by atoms with Gasteiger partial charge in [-0.2, -0.15) is 0 Å². The molecule has 3 rings (SSSR count). The van der Waals surface area contributed by atoms with Gasteiger partial charge >= 0.3 is 6.09 Å². The Morgan fingerprint density at radius 3 is 2.36 bits per heavy atom. The summed E-state index contributed by atoms with van der Waals surface area (Å²) in [4.78, 5) is 16.6. The van der Waals surface area contributed by atoms with E-state index in [-0.39, 0.29) is 22.8 Å². The van der Waals surface area contributed by atoms with Crippen LogP contribution in [0.2, 0.25) is 0 Å². The fraction of sp³-hybridized carbons (Fsp3) is 0.708. The van der Waals surface area contributed by atoms with Crippen LogP contribution in [0.5, 0.6) is 5.75 Å². The van der Waals surface area contributed by atoms with E-state index in [0.717, 1.165) is 44.6 Å². The Morgan fingerprint density at radius 2 is 1.82 bits per heavy atom. The van der Waals surface area contributed by atoms with Crippen LogP contribution >= 0.6 is 0 Å². The van der Waals surface area contributed by atoms with Crippen molar-refractivity contribution in [2.24, 2.45) is 5.92 Å². The quantitative estimate of drug-likeness (QED) is 0.626. The topological polar surface area (TPSA) is 76.2 Å². The van der Waals surface area contributed by atoms with Gasteiger partial charge in [-0.25, -0.2) is 17.6 Å². The zero-order valence-corrected chi connectivity index (χ0v) is 21.2. The minimum Gasteiger partial charge on any atom is -0.490 e. The van der Waals surface area contributed by atoms with Crippen LogP contribution in [0.25, 0.3) is 0 Å². The van der Waals surface area contributed by atoms with E-state index in [1.54, 1.807) is 4.90 Å². The Balaban J connectivity index is 1.45. The molecular weight excluding hydrogens is 447 g/mol. The van der Waals surface area contributed by atoms with Crippen LogP contribution < -0.4 is 4.74 Å². The minimum atomic E-state index is -3.44. The molecule has 1 saturated heterocycles. The van der Waals surface area contributed by atoms with E-state index in [1.807, 2.05) is 20.8 Å². The third-order valence-electron chi connectivity index (χ3n) is 6.42. The van der Waals surface area contributed by atoms with Crippen molar-refractivity contribution in [2.75, 3.05) is 32.5 Å². The molecule has 186 valence electrons. The SMILES string of the molecule is C[C@@H]1CN(C(=O)OC(C)(C)C)CCN1[C@H]1CC[C@H](COc2ccc(S(C)(=O)=O)cc2F)CC1. The van der Waals surface area contributed by atoms with E-state index in [1.165, 1.54) is 12.1 Å². The third kappa shape index (κ3) is 7.06. The van der Waals surface area contributed by atoms with Gasteiger partial charge in [-0.05, 0) is 77.5 Å². The van der Waals surface area contributed by atoms with Gasteiger partial charge in [0.15, 0.2) is 21.4 Å². The van der Waals surface area contributed by atoms with Gasteiger partial charge in [-0.1, -0.05) is 0 Å². The van der Waals surface area contributed by atoms with Gasteiger partial charge in [0.05, 0.1) is 11.5 Å². The zero-order valence-electron chi connectivity index (χ0n) is 20.3. The standard InChI is InChI=1S/C24H37FN2O5S/c1-17-15-26(23(28)32-24(2,3)4)12-13-27(17)19-8-6-18(7-9-19)16-31-22-11-10-20(14-21(22)25)33(5,29)30/h10-11,14,17-19H,6-9,12-13,15-16H2,1-5H3/t17-,18-,19-/m1/s1. The molecule has 0 bridgehead atoms. The number of halogens is 1. The van der Waals surface area contributed by atoms with Crippen molar-refractivity contribution >= 4 is 15.9 Å². The van der Waals surface area contributed by atoms with E-state index in [2.05, 4.69) is 11.8 Å². The Hall–Kier alpha value is -1.87. The predicted octanol–water partition coefficient (Wildman–Crippen LogP) is 4.11. The maximum Gasteiger partial charge on any atom is 0.410 e. The van der Waals surface area contributed by atoms with Gasteiger partial charge in [0.1, 0.15) is 5.60 Å². The minimum absolute atomic E-state index is 0.0475. The molecule has 2 aliphatic rings. The molecule has 0 unspecified atom stereocenters. The van der Waals surface area contributed by atoms with E-state index in [0.29, 0.717) is 31.7 Å². The molecule has 9 heteroatoms. The van der Waals surface area contributed by atoms with Gasteiger partial charge in [0.25, 0.3) is 0 Å². The average molecular weight is 485 g/mol. The molecule has 1 aromatic carbocycles. The van der Waals surface area contributed by atoms with Gasteiger partial charge in [-0.15, -0.1) is 0 Å². The Labute approximate surface area is 197 Å². The van der Waals surface area contributed by atoms with Crippen LogP contribution in [-0.2, 0) is 14.6 Å². The molecule has 1 aromatic rings. The van der Waals surface area contributed by atoms with Crippen LogP contribution in [0, 0.1) is 11.7 Å². The number of piperazine rings is 1. The number of carbonyl (C=O) groups is 1. The van der Waals surface area contributed by atoms with Crippen molar-refractivity contribution in [1.82, 2.24) is 9.80 Å². The summed E-state index contributed by atoms with van der Waals surface area (Å²) in [6.45, 7) is 10.4. The lowest BCUT2D eigenvalue weighted by Crippen LogP contribution is -2.57. The van der Waals surface area contributed by atoms with Crippen molar-refractivity contribution in [3.05, 3.63) is 24.0 Å². The normalized spacial score (nSPS) is 25.0. The van der Waals surface area contributed by atoms with Crippen molar-refractivity contribution in [3.63, 3.8) is 0 Å². The summed E-state index contributed by atoms with van der Waals surface area (Å²) in [7, 11) is -3.44. The van der Waals surface area contributed by atoms with Crippen LogP contribution in [0.15, 0.2) is 23.1 Å². The molecule has 1 aliphatic carbocycles. The summed E-state index contributed by atoms with van der Waals surface area (Å²) in [5, 5.41) is 0. The molecular formula is C24H37FN2O5S. The molecule has 2 fully saturated rings. The highest BCUT2D eigenvalue weighted by Crippen LogP contribution is 2.31. The number of nitrogens with zero attached hydrogens (tertiary/aromatic N) is 2.